The van der Waals surface area contributed by atoms with Crippen LogP contribution in [0.15, 0.2) is 0 Å². The molecule has 2 rings (SSSR count). The lowest BCUT2D eigenvalue weighted by molar-refractivity contribution is 0.0871. The van der Waals surface area contributed by atoms with E-state index in [2.05, 4.69) is 18.8 Å². The molecule has 0 amide bonds. The average molecular weight is 263 g/mol. The van der Waals surface area contributed by atoms with Gasteiger partial charge in [-0.25, -0.2) is 9.97 Å². The van der Waals surface area contributed by atoms with Gasteiger partial charge < -0.3 is 10.5 Å². The number of hydrogen-bond donors (Lipinski definition) is 1. The van der Waals surface area contributed by atoms with Crippen LogP contribution in [0, 0.1) is 12.8 Å². The third-order valence-electron chi connectivity index (χ3n) is 4.06. The van der Waals surface area contributed by atoms with Crippen LogP contribution in [0.2, 0.25) is 0 Å². The smallest absolute Gasteiger partial charge is 0.157 e. The van der Waals surface area contributed by atoms with Crippen molar-refractivity contribution in [2.24, 2.45) is 11.7 Å². The molecule has 0 spiro atoms. The molecule has 0 saturated carbocycles. The Morgan fingerprint density at radius 2 is 2.21 bits per heavy atom. The van der Waals surface area contributed by atoms with Crippen molar-refractivity contribution in [1.82, 2.24) is 9.97 Å². The van der Waals surface area contributed by atoms with Crippen molar-refractivity contribution in [2.45, 2.75) is 52.1 Å². The van der Waals surface area contributed by atoms with E-state index in [1.807, 2.05) is 0 Å². The Morgan fingerprint density at radius 3 is 2.84 bits per heavy atom. The molecule has 1 aliphatic rings. The van der Waals surface area contributed by atoms with Crippen LogP contribution in [-0.2, 0) is 17.6 Å². The quantitative estimate of drug-likeness (QED) is 0.885. The van der Waals surface area contributed by atoms with E-state index in [9.17, 15) is 0 Å². The lowest BCUT2D eigenvalue weighted by atomic mass is 9.86. The van der Waals surface area contributed by atoms with Crippen LogP contribution < -0.4 is 5.73 Å². The summed E-state index contributed by atoms with van der Waals surface area (Å²) >= 11 is 0. The van der Waals surface area contributed by atoms with Crippen molar-refractivity contribution < 1.29 is 4.74 Å². The van der Waals surface area contributed by atoms with E-state index in [1.165, 1.54) is 11.3 Å². The summed E-state index contributed by atoms with van der Waals surface area (Å²) in [4.78, 5) is 9.42. The molecule has 0 aliphatic heterocycles. The van der Waals surface area contributed by atoms with Crippen molar-refractivity contribution in [1.29, 1.82) is 0 Å². The number of rotatable bonds is 5. The normalized spacial score (nSPS) is 20.1. The maximum absolute atomic E-state index is 5.79. The summed E-state index contributed by atoms with van der Waals surface area (Å²) in [6, 6.07) is 0. The number of aromatic nitrogens is 2. The first kappa shape index (κ1) is 14.4. The topological polar surface area (TPSA) is 61.0 Å². The maximum Gasteiger partial charge on any atom is 0.157 e. The average Bonchev–Trinajstić information content (AvgIpc) is 2.44. The first-order valence-corrected chi connectivity index (χ1v) is 7.28. The fourth-order valence-corrected chi connectivity index (χ4v) is 2.84. The largest absolute Gasteiger partial charge is 0.373 e. The summed E-state index contributed by atoms with van der Waals surface area (Å²) in [5, 5.41) is 0. The highest BCUT2D eigenvalue weighted by Crippen LogP contribution is 2.28. The van der Waals surface area contributed by atoms with E-state index >= 15 is 0 Å². The van der Waals surface area contributed by atoms with E-state index in [-0.39, 0.29) is 6.10 Å². The molecule has 2 unspecified atom stereocenters. The maximum atomic E-state index is 5.79. The predicted octanol–water partition coefficient (Wildman–Crippen LogP) is 2.34. The molecule has 4 nitrogen and oxygen atoms in total. The number of nitrogens with zero attached hydrogens (tertiary/aromatic N) is 2. The van der Waals surface area contributed by atoms with Crippen molar-refractivity contribution in [3.63, 3.8) is 0 Å². The molecule has 0 aromatic carbocycles. The van der Waals surface area contributed by atoms with E-state index in [0.29, 0.717) is 5.92 Å². The van der Waals surface area contributed by atoms with Gasteiger partial charge in [0.1, 0.15) is 6.10 Å². The summed E-state index contributed by atoms with van der Waals surface area (Å²) in [5.41, 5.74) is 9.43. The van der Waals surface area contributed by atoms with Crippen LogP contribution in [0.25, 0.3) is 0 Å². The Balaban J connectivity index is 2.29. The van der Waals surface area contributed by atoms with Crippen LogP contribution in [0.5, 0.6) is 0 Å². The monoisotopic (exact) mass is 263 g/mol. The van der Waals surface area contributed by atoms with Gasteiger partial charge >= 0.3 is 0 Å². The summed E-state index contributed by atoms with van der Waals surface area (Å²) < 4.78 is 5.52. The Kier molecular flexibility index (Phi) is 4.88. The zero-order chi connectivity index (χ0) is 13.8. The van der Waals surface area contributed by atoms with Crippen LogP contribution in [0.3, 0.4) is 0 Å². The second kappa shape index (κ2) is 6.44. The second-order valence-electron chi connectivity index (χ2n) is 5.45. The van der Waals surface area contributed by atoms with Crippen molar-refractivity contribution in [3.05, 3.63) is 22.8 Å². The highest BCUT2D eigenvalue weighted by Gasteiger charge is 2.23. The van der Waals surface area contributed by atoms with Gasteiger partial charge in [-0.1, -0.05) is 13.3 Å². The Labute approximate surface area is 115 Å². The Hall–Kier alpha value is -1.00. The Morgan fingerprint density at radius 1 is 1.42 bits per heavy atom. The van der Waals surface area contributed by atoms with E-state index < -0.39 is 0 Å². The SMILES string of the molecule is CCCC(OC)c1nc(C)c2c(n1)CCC(CN)C2. The number of ether oxygens (including phenoxy) is 1. The molecule has 0 fully saturated rings. The number of fused-ring (bicyclic) bond motifs is 1. The molecule has 2 N–H and O–H groups in total. The molecule has 1 aliphatic carbocycles. The van der Waals surface area contributed by atoms with Gasteiger partial charge in [0, 0.05) is 18.5 Å². The van der Waals surface area contributed by atoms with Gasteiger partial charge in [0.2, 0.25) is 0 Å². The van der Waals surface area contributed by atoms with Gasteiger partial charge in [-0.2, -0.15) is 0 Å². The van der Waals surface area contributed by atoms with Crippen molar-refractivity contribution >= 4 is 0 Å². The highest BCUT2D eigenvalue weighted by molar-refractivity contribution is 5.28. The van der Waals surface area contributed by atoms with Gasteiger partial charge in [0.05, 0.1) is 0 Å². The molecule has 0 bridgehead atoms. The molecule has 19 heavy (non-hydrogen) atoms. The minimum absolute atomic E-state index is 0.0289. The second-order valence-corrected chi connectivity index (χ2v) is 5.45. The fourth-order valence-electron chi connectivity index (χ4n) is 2.84. The minimum atomic E-state index is 0.0289. The molecule has 4 heteroatoms. The Bertz CT molecular complexity index is 434. The summed E-state index contributed by atoms with van der Waals surface area (Å²) in [7, 11) is 1.74. The predicted molar refractivity (Wildman–Crippen MR) is 76.0 cm³/mol. The molecule has 1 heterocycles. The highest BCUT2D eigenvalue weighted by atomic mass is 16.5. The molecule has 1 aromatic rings. The summed E-state index contributed by atoms with van der Waals surface area (Å²) in [6.45, 7) is 5.00. The zero-order valence-corrected chi connectivity index (χ0v) is 12.3. The first-order valence-electron chi connectivity index (χ1n) is 7.28. The van der Waals surface area contributed by atoms with Crippen LogP contribution in [-0.4, -0.2) is 23.6 Å². The van der Waals surface area contributed by atoms with E-state index in [4.69, 9.17) is 15.5 Å². The lowest BCUT2D eigenvalue weighted by Crippen LogP contribution is -2.25. The third-order valence-corrected chi connectivity index (χ3v) is 4.06. The first-order chi connectivity index (χ1) is 9.19. The number of nitrogens with two attached hydrogens (primary N) is 1. The summed E-state index contributed by atoms with van der Waals surface area (Å²) in [6.07, 6.45) is 5.28. The molecule has 0 saturated heterocycles. The molecule has 1 aromatic heterocycles. The summed E-state index contributed by atoms with van der Waals surface area (Å²) in [5.74, 6) is 1.45. The number of aryl methyl sites for hydroxylation is 2. The fraction of sp³-hybridized carbons (Fsp3) is 0.733. The van der Waals surface area contributed by atoms with Gasteiger partial charge in [-0.05, 0) is 50.6 Å². The minimum Gasteiger partial charge on any atom is -0.373 e. The van der Waals surface area contributed by atoms with Gasteiger partial charge in [-0.15, -0.1) is 0 Å². The van der Waals surface area contributed by atoms with Crippen molar-refractivity contribution in [2.75, 3.05) is 13.7 Å². The molecule has 106 valence electrons. The van der Waals surface area contributed by atoms with Gasteiger partial charge in [0.15, 0.2) is 5.82 Å². The van der Waals surface area contributed by atoms with Gasteiger partial charge in [0.25, 0.3) is 0 Å². The molecular formula is C15H25N3O. The van der Waals surface area contributed by atoms with Crippen LogP contribution >= 0.6 is 0 Å². The molecule has 2 atom stereocenters. The van der Waals surface area contributed by atoms with E-state index in [0.717, 1.165) is 50.2 Å². The number of hydrogen-bond acceptors (Lipinski definition) is 4. The van der Waals surface area contributed by atoms with Crippen LogP contribution in [0.1, 0.15) is 55.1 Å². The zero-order valence-electron chi connectivity index (χ0n) is 12.3. The lowest BCUT2D eigenvalue weighted by Gasteiger charge is -2.25. The molecular weight excluding hydrogens is 238 g/mol. The number of methoxy groups -OCH3 is 1. The van der Waals surface area contributed by atoms with Crippen LogP contribution in [0.4, 0.5) is 0 Å². The van der Waals surface area contributed by atoms with Crippen molar-refractivity contribution in [3.8, 4) is 0 Å². The van der Waals surface area contributed by atoms with Gasteiger partial charge in [-0.3, -0.25) is 0 Å². The van der Waals surface area contributed by atoms with E-state index in [1.54, 1.807) is 7.11 Å². The molecule has 0 radical (unpaired) electrons. The standard InChI is InChI=1S/C15H25N3O/c1-4-5-14(19-3)15-17-10(2)12-8-11(9-16)6-7-13(12)18-15/h11,14H,4-9,16H2,1-3H3. The third kappa shape index (κ3) is 3.12.